The Morgan fingerprint density at radius 1 is 1.31 bits per heavy atom. The second-order valence-corrected chi connectivity index (χ2v) is 7.84. The average Bonchev–Trinajstić information content (AvgIpc) is 3.38. The van der Waals surface area contributed by atoms with Gasteiger partial charge in [0.05, 0.1) is 23.2 Å². The lowest BCUT2D eigenvalue weighted by molar-refractivity contribution is 0.0924. The number of fused-ring (bicyclic) bond motifs is 3. The summed E-state index contributed by atoms with van der Waals surface area (Å²) in [4.78, 5) is 19.1. The summed E-state index contributed by atoms with van der Waals surface area (Å²) >= 11 is 0. The smallest absolute Gasteiger partial charge is 0.254 e. The van der Waals surface area contributed by atoms with E-state index < -0.39 is 11.7 Å². The second kappa shape index (κ2) is 6.59. The number of carbonyl (C=O) groups is 1. The van der Waals surface area contributed by atoms with E-state index in [-0.39, 0.29) is 23.7 Å². The fourth-order valence-electron chi connectivity index (χ4n) is 4.74. The first-order valence-corrected chi connectivity index (χ1v) is 9.79. The van der Waals surface area contributed by atoms with E-state index in [0.717, 1.165) is 30.3 Å². The molecule has 7 heteroatoms. The minimum absolute atomic E-state index is 0.0224. The molecule has 2 aliphatic rings. The highest BCUT2D eigenvalue weighted by atomic mass is 19.1. The third-order valence-electron chi connectivity index (χ3n) is 6.11. The van der Waals surface area contributed by atoms with Gasteiger partial charge in [0, 0.05) is 23.3 Å². The van der Waals surface area contributed by atoms with Crippen LogP contribution in [0.25, 0.3) is 16.7 Å². The maximum Gasteiger partial charge on any atom is 0.254 e. The number of benzene rings is 1. The summed E-state index contributed by atoms with van der Waals surface area (Å²) < 4.78 is 16.7. The molecule has 0 aliphatic carbocycles. The summed E-state index contributed by atoms with van der Waals surface area (Å²) in [6.07, 6.45) is 6.66. The van der Waals surface area contributed by atoms with E-state index in [0.29, 0.717) is 11.3 Å². The Labute approximate surface area is 167 Å². The van der Waals surface area contributed by atoms with Crippen molar-refractivity contribution < 1.29 is 9.18 Å². The van der Waals surface area contributed by atoms with Gasteiger partial charge in [0.1, 0.15) is 11.6 Å². The quantitative estimate of drug-likeness (QED) is 0.698. The topological polar surface area (TPSA) is 74.0 Å². The number of nitriles is 1. The number of nitrogens with zero attached hydrogens (tertiary/aromatic N) is 4. The molecule has 0 saturated carbocycles. The Morgan fingerprint density at radius 3 is 2.93 bits per heavy atom. The zero-order valence-corrected chi connectivity index (χ0v) is 16.0. The highest BCUT2D eigenvalue weighted by Gasteiger charge is 2.46. The maximum absolute atomic E-state index is 14.9. The van der Waals surface area contributed by atoms with Crippen LogP contribution in [0.15, 0.2) is 42.6 Å². The zero-order chi connectivity index (χ0) is 20.1. The molecule has 5 rings (SSSR count). The first-order valence-electron chi connectivity index (χ1n) is 9.79. The van der Waals surface area contributed by atoms with Gasteiger partial charge in [0.2, 0.25) is 0 Å². The van der Waals surface area contributed by atoms with Crippen LogP contribution >= 0.6 is 0 Å². The van der Waals surface area contributed by atoms with Crippen molar-refractivity contribution in [3.63, 3.8) is 0 Å². The molecule has 29 heavy (non-hydrogen) atoms. The summed E-state index contributed by atoms with van der Waals surface area (Å²) in [5.41, 5.74) is 1.56. The minimum Gasteiger partial charge on any atom is -0.347 e. The largest absolute Gasteiger partial charge is 0.347 e. The van der Waals surface area contributed by atoms with E-state index in [1.54, 1.807) is 11.0 Å². The number of carbonyl (C=O) groups excluding carboxylic acids is 1. The maximum atomic E-state index is 14.9. The Hall–Kier alpha value is -3.40. The Bertz CT molecular complexity index is 1160. The van der Waals surface area contributed by atoms with Crippen molar-refractivity contribution in [3.05, 3.63) is 59.7 Å². The van der Waals surface area contributed by atoms with Crippen molar-refractivity contribution in [2.75, 3.05) is 0 Å². The van der Waals surface area contributed by atoms with E-state index in [1.165, 1.54) is 6.07 Å². The monoisotopic (exact) mass is 389 g/mol. The van der Waals surface area contributed by atoms with Crippen molar-refractivity contribution in [3.8, 4) is 12.0 Å². The summed E-state index contributed by atoms with van der Waals surface area (Å²) in [7, 11) is 0. The highest BCUT2D eigenvalue weighted by Crippen LogP contribution is 2.37. The molecule has 1 aromatic carbocycles. The lowest BCUT2D eigenvalue weighted by atomic mass is 9.95. The van der Waals surface area contributed by atoms with Crippen LogP contribution < -0.4 is 5.32 Å². The van der Waals surface area contributed by atoms with E-state index in [1.807, 2.05) is 42.0 Å². The molecular weight excluding hydrogens is 369 g/mol. The molecule has 0 spiro atoms. The average molecular weight is 389 g/mol. The number of rotatable bonds is 3. The SMILES string of the molecule is Cc1cccc(-n2ccc3cc(C(=O)N[C@@H]4C[C@@H]5CC[C@H]4N5C#N)c(F)cc32)n1. The molecule has 146 valence electrons. The van der Waals surface area contributed by atoms with Gasteiger partial charge >= 0.3 is 0 Å². The first kappa shape index (κ1) is 17.7. The van der Waals surface area contributed by atoms with Crippen LogP contribution in [0.2, 0.25) is 0 Å². The molecule has 2 fully saturated rings. The third-order valence-corrected chi connectivity index (χ3v) is 6.11. The third kappa shape index (κ3) is 2.83. The Kier molecular flexibility index (Phi) is 4.02. The van der Waals surface area contributed by atoms with Crippen molar-refractivity contribution in [1.29, 1.82) is 5.26 Å². The minimum atomic E-state index is -0.567. The summed E-state index contributed by atoms with van der Waals surface area (Å²) in [5.74, 6) is -0.292. The van der Waals surface area contributed by atoms with Crippen LogP contribution in [0.5, 0.6) is 0 Å². The summed E-state index contributed by atoms with van der Waals surface area (Å²) in [5, 5.41) is 13.0. The van der Waals surface area contributed by atoms with Gasteiger partial charge in [0.15, 0.2) is 6.19 Å². The number of halogens is 1. The number of hydrogen-bond donors (Lipinski definition) is 1. The molecule has 4 heterocycles. The normalized spacial score (nSPS) is 22.8. The van der Waals surface area contributed by atoms with E-state index >= 15 is 0 Å². The van der Waals surface area contributed by atoms with Gasteiger partial charge in [0.25, 0.3) is 5.91 Å². The predicted octanol–water partition coefficient (Wildman–Crippen LogP) is 3.29. The molecule has 6 nitrogen and oxygen atoms in total. The molecule has 0 radical (unpaired) electrons. The molecule has 2 bridgehead atoms. The van der Waals surface area contributed by atoms with Crippen LogP contribution in [-0.4, -0.2) is 38.5 Å². The van der Waals surface area contributed by atoms with Crippen molar-refractivity contribution in [1.82, 2.24) is 19.8 Å². The summed E-state index contributed by atoms with van der Waals surface area (Å²) in [6.45, 7) is 1.90. The van der Waals surface area contributed by atoms with Gasteiger partial charge in [-0.1, -0.05) is 6.07 Å². The van der Waals surface area contributed by atoms with Crippen LogP contribution in [-0.2, 0) is 0 Å². The highest BCUT2D eigenvalue weighted by molar-refractivity contribution is 5.99. The van der Waals surface area contributed by atoms with E-state index in [4.69, 9.17) is 0 Å². The molecule has 2 aliphatic heterocycles. The number of pyridine rings is 1. The van der Waals surface area contributed by atoms with Gasteiger partial charge in [-0.15, -0.1) is 0 Å². The van der Waals surface area contributed by atoms with Crippen molar-refractivity contribution in [2.24, 2.45) is 0 Å². The van der Waals surface area contributed by atoms with Gasteiger partial charge in [-0.25, -0.2) is 9.37 Å². The first-order chi connectivity index (χ1) is 14.0. The molecule has 1 amide bonds. The van der Waals surface area contributed by atoms with Gasteiger partial charge in [-0.05, 0) is 56.5 Å². The Morgan fingerprint density at radius 2 is 2.17 bits per heavy atom. The molecule has 3 atom stereocenters. The van der Waals surface area contributed by atoms with Gasteiger partial charge < -0.3 is 14.8 Å². The fourth-order valence-corrected chi connectivity index (χ4v) is 4.74. The van der Waals surface area contributed by atoms with Crippen LogP contribution in [0, 0.1) is 24.2 Å². The van der Waals surface area contributed by atoms with Crippen LogP contribution in [0.3, 0.4) is 0 Å². The lowest BCUT2D eigenvalue weighted by Gasteiger charge is -2.22. The number of nitrogens with one attached hydrogen (secondary N) is 1. The summed E-state index contributed by atoms with van der Waals surface area (Å²) in [6, 6.07) is 10.6. The molecule has 2 aromatic heterocycles. The predicted molar refractivity (Wildman–Crippen MR) is 106 cm³/mol. The standard InChI is InChI=1S/C22H20FN5O/c1-13-3-2-4-21(25-13)27-8-7-14-9-16(17(23)11-20(14)27)22(29)26-18-10-15-5-6-19(18)28(15)12-24/h2-4,7-9,11,15,18-19H,5-6,10H2,1H3,(H,26,29)/t15-,18+,19+/m0/s1. The van der Waals surface area contributed by atoms with E-state index in [9.17, 15) is 14.4 Å². The molecule has 2 saturated heterocycles. The lowest BCUT2D eigenvalue weighted by Crippen LogP contribution is -2.43. The van der Waals surface area contributed by atoms with Crippen molar-refractivity contribution >= 4 is 16.8 Å². The fraction of sp³-hybridized carbons (Fsp3) is 0.318. The number of hydrogen-bond acceptors (Lipinski definition) is 4. The number of aromatic nitrogens is 2. The number of aryl methyl sites for hydroxylation is 1. The van der Waals surface area contributed by atoms with Crippen LogP contribution in [0.4, 0.5) is 4.39 Å². The van der Waals surface area contributed by atoms with Gasteiger partial charge in [-0.3, -0.25) is 4.79 Å². The van der Waals surface area contributed by atoms with E-state index in [2.05, 4.69) is 16.5 Å². The number of amides is 1. The Balaban J connectivity index is 1.43. The van der Waals surface area contributed by atoms with Crippen molar-refractivity contribution in [2.45, 2.75) is 44.3 Å². The second-order valence-electron chi connectivity index (χ2n) is 7.84. The molecule has 0 unspecified atom stereocenters. The van der Waals surface area contributed by atoms with Gasteiger partial charge in [-0.2, -0.15) is 5.26 Å². The molecule has 3 aromatic rings. The molecular formula is C22H20FN5O. The molecule has 1 N–H and O–H groups in total. The zero-order valence-electron chi connectivity index (χ0n) is 16.0. The van der Waals surface area contributed by atoms with Crippen LogP contribution in [0.1, 0.15) is 35.3 Å².